The number of carbonyl (C=O) groups excluding carboxylic acids is 1. The number of benzene rings is 1. The van der Waals surface area contributed by atoms with Crippen molar-refractivity contribution in [2.24, 2.45) is 0 Å². The molecule has 5 rings (SSSR count). The standard InChI is InChI=1S/C23H23FN4O4S/c1-33(31,32)23(7-8-23)14-27-9-10-28-20-15(3-2-4-19(20)27)11-18(22(28)30)21(29)26-13-17-6-5-16(24)12-25-17/h2-6,11-12H,7-10,13-14H2,1H3,(H,26,29). The van der Waals surface area contributed by atoms with Crippen molar-refractivity contribution in [3.8, 4) is 0 Å². The number of hydrogen-bond donors (Lipinski definition) is 1. The Morgan fingerprint density at radius 3 is 2.67 bits per heavy atom. The summed E-state index contributed by atoms with van der Waals surface area (Å²) >= 11 is 0. The van der Waals surface area contributed by atoms with E-state index in [2.05, 4.69) is 10.3 Å². The molecule has 0 spiro atoms. The van der Waals surface area contributed by atoms with Crippen LogP contribution in [-0.4, -0.2) is 48.0 Å². The predicted octanol–water partition coefficient (Wildman–Crippen LogP) is 1.86. The number of hydrogen-bond acceptors (Lipinski definition) is 6. The van der Waals surface area contributed by atoms with E-state index in [0.29, 0.717) is 43.7 Å². The summed E-state index contributed by atoms with van der Waals surface area (Å²) in [7, 11) is -3.18. The highest BCUT2D eigenvalue weighted by Gasteiger charge is 2.53. The van der Waals surface area contributed by atoms with Crippen molar-refractivity contribution in [3.63, 3.8) is 0 Å². The highest BCUT2D eigenvalue weighted by Crippen LogP contribution is 2.45. The maximum absolute atomic E-state index is 13.2. The smallest absolute Gasteiger partial charge is 0.264 e. The summed E-state index contributed by atoms with van der Waals surface area (Å²) in [5.74, 6) is -0.996. The number of rotatable bonds is 6. The molecule has 1 aliphatic heterocycles. The van der Waals surface area contributed by atoms with Gasteiger partial charge in [-0.2, -0.15) is 0 Å². The van der Waals surface area contributed by atoms with E-state index < -0.39 is 31.9 Å². The van der Waals surface area contributed by atoms with E-state index in [1.54, 1.807) is 10.6 Å². The second kappa shape index (κ2) is 7.65. The normalized spacial score (nSPS) is 16.6. The van der Waals surface area contributed by atoms with Crippen LogP contribution in [0.25, 0.3) is 10.9 Å². The number of amides is 1. The summed E-state index contributed by atoms with van der Waals surface area (Å²) in [6, 6.07) is 9.85. The Bertz CT molecular complexity index is 1430. The van der Waals surface area contributed by atoms with Gasteiger partial charge in [0.05, 0.1) is 34.4 Å². The number of aromatic nitrogens is 2. The van der Waals surface area contributed by atoms with E-state index in [9.17, 15) is 22.4 Å². The maximum Gasteiger partial charge on any atom is 0.264 e. The van der Waals surface area contributed by atoms with Crippen molar-refractivity contribution in [2.75, 3.05) is 24.2 Å². The van der Waals surface area contributed by atoms with E-state index in [-0.39, 0.29) is 12.1 Å². The molecule has 0 saturated heterocycles. The fourth-order valence-electron chi connectivity index (χ4n) is 4.47. The van der Waals surface area contributed by atoms with E-state index in [1.807, 2.05) is 23.1 Å². The molecule has 1 fully saturated rings. The zero-order chi connectivity index (χ0) is 23.4. The lowest BCUT2D eigenvalue weighted by atomic mass is 10.1. The van der Waals surface area contributed by atoms with Gasteiger partial charge in [-0.1, -0.05) is 12.1 Å². The molecule has 0 unspecified atom stereocenters. The number of pyridine rings is 2. The quantitative estimate of drug-likeness (QED) is 0.590. The Morgan fingerprint density at radius 1 is 1.21 bits per heavy atom. The fraction of sp³-hybridized carbons (Fsp3) is 0.348. The molecule has 0 bridgehead atoms. The van der Waals surface area contributed by atoms with Crippen LogP contribution < -0.4 is 15.8 Å². The van der Waals surface area contributed by atoms with Gasteiger partial charge in [-0.25, -0.2) is 12.8 Å². The van der Waals surface area contributed by atoms with Crippen LogP contribution in [0.3, 0.4) is 0 Å². The number of nitrogens with one attached hydrogen (secondary N) is 1. The third kappa shape index (κ3) is 3.78. The predicted molar refractivity (Wildman–Crippen MR) is 123 cm³/mol. The van der Waals surface area contributed by atoms with Crippen molar-refractivity contribution in [3.05, 3.63) is 70.0 Å². The van der Waals surface area contributed by atoms with Crippen LogP contribution in [-0.2, 0) is 22.9 Å². The average Bonchev–Trinajstić information content (AvgIpc) is 3.57. The van der Waals surface area contributed by atoms with Crippen LogP contribution in [0, 0.1) is 5.82 Å². The highest BCUT2D eigenvalue weighted by atomic mass is 32.2. The minimum absolute atomic E-state index is 0.0185. The van der Waals surface area contributed by atoms with Gasteiger partial charge in [0, 0.05) is 31.3 Å². The van der Waals surface area contributed by atoms with Gasteiger partial charge in [0.15, 0.2) is 9.84 Å². The summed E-state index contributed by atoms with van der Waals surface area (Å²) in [5.41, 5.74) is 1.60. The third-order valence-corrected chi connectivity index (χ3v) is 8.67. The molecule has 1 N–H and O–H groups in total. The minimum atomic E-state index is -3.18. The van der Waals surface area contributed by atoms with Gasteiger partial charge in [0.1, 0.15) is 11.4 Å². The summed E-state index contributed by atoms with van der Waals surface area (Å²) < 4.78 is 38.5. The number of halogens is 1. The Morgan fingerprint density at radius 2 is 2.00 bits per heavy atom. The first-order valence-electron chi connectivity index (χ1n) is 10.7. The number of nitrogens with zero attached hydrogens (tertiary/aromatic N) is 3. The summed E-state index contributed by atoms with van der Waals surface area (Å²) in [6.07, 6.45) is 3.65. The van der Waals surface area contributed by atoms with Crippen LogP contribution >= 0.6 is 0 Å². The van der Waals surface area contributed by atoms with Crippen molar-refractivity contribution in [1.29, 1.82) is 0 Å². The molecule has 3 aromatic rings. The van der Waals surface area contributed by atoms with Crippen LogP contribution in [0.1, 0.15) is 28.9 Å². The molecule has 1 amide bonds. The van der Waals surface area contributed by atoms with Crippen molar-refractivity contribution >= 4 is 32.3 Å². The molecule has 172 valence electrons. The first-order chi connectivity index (χ1) is 15.7. The lowest BCUT2D eigenvalue weighted by Gasteiger charge is -2.34. The molecule has 10 heteroatoms. The summed E-state index contributed by atoms with van der Waals surface area (Å²) in [5, 5.41) is 3.40. The highest BCUT2D eigenvalue weighted by molar-refractivity contribution is 7.92. The Labute approximate surface area is 190 Å². The molecule has 1 aromatic carbocycles. The topological polar surface area (TPSA) is 101 Å². The monoisotopic (exact) mass is 470 g/mol. The average molecular weight is 471 g/mol. The lowest BCUT2D eigenvalue weighted by Crippen LogP contribution is -2.44. The van der Waals surface area contributed by atoms with Crippen molar-refractivity contribution < 1.29 is 17.6 Å². The van der Waals surface area contributed by atoms with Gasteiger partial charge in [0.2, 0.25) is 0 Å². The first-order valence-corrected chi connectivity index (χ1v) is 12.6. The Balaban J connectivity index is 1.46. The van der Waals surface area contributed by atoms with Gasteiger partial charge < -0.3 is 14.8 Å². The SMILES string of the molecule is CS(=O)(=O)C1(CN2CCn3c(=O)c(C(=O)NCc4ccc(F)cn4)cc4cccc2c43)CC1. The zero-order valence-corrected chi connectivity index (χ0v) is 18.9. The fourth-order valence-corrected chi connectivity index (χ4v) is 5.70. The molecule has 1 saturated carbocycles. The number of carbonyl (C=O) groups is 1. The van der Waals surface area contributed by atoms with E-state index in [1.165, 1.54) is 18.4 Å². The largest absolute Gasteiger partial charge is 0.366 e. The lowest BCUT2D eigenvalue weighted by molar-refractivity contribution is 0.0948. The van der Waals surface area contributed by atoms with Crippen LogP contribution in [0.15, 0.2) is 47.4 Å². The molecular weight excluding hydrogens is 447 g/mol. The molecule has 0 atom stereocenters. The van der Waals surface area contributed by atoms with Gasteiger partial charge in [-0.3, -0.25) is 14.6 Å². The molecular formula is C23H23FN4O4S. The van der Waals surface area contributed by atoms with Crippen molar-refractivity contribution in [2.45, 2.75) is 30.7 Å². The molecule has 1 aliphatic carbocycles. The van der Waals surface area contributed by atoms with Gasteiger partial charge in [-0.15, -0.1) is 0 Å². The minimum Gasteiger partial charge on any atom is -0.366 e. The van der Waals surface area contributed by atoms with Crippen LogP contribution in [0.4, 0.5) is 10.1 Å². The second-order valence-corrected chi connectivity index (χ2v) is 11.2. The van der Waals surface area contributed by atoms with E-state index >= 15 is 0 Å². The summed E-state index contributed by atoms with van der Waals surface area (Å²) in [4.78, 5) is 31.9. The van der Waals surface area contributed by atoms with Crippen LogP contribution in [0.2, 0.25) is 0 Å². The molecule has 2 aliphatic rings. The molecule has 33 heavy (non-hydrogen) atoms. The van der Waals surface area contributed by atoms with E-state index in [4.69, 9.17) is 0 Å². The Kier molecular flexibility index (Phi) is 5.00. The third-order valence-electron chi connectivity index (χ3n) is 6.56. The molecule has 2 aromatic heterocycles. The zero-order valence-electron chi connectivity index (χ0n) is 18.0. The maximum atomic E-state index is 13.2. The van der Waals surface area contributed by atoms with E-state index in [0.717, 1.165) is 17.3 Å². The number of sulfone groups is 1. The molecule has 3 heterocycles. The Hall–Kier alpha value is -3.27. The molecule has 8 nitrogen and oxygen atoms in total. The summed E-state index contributed by atoms with van der Waals surface area (Å²) in [6.45, 7) is 1.30. The number of anilines is 1. The van der Waals surface area contributed by atoms with Gasteiger partial charge >= 0.3 is 0 Å². The van der Waals surface area contributed by atoms with Gasteiger partial charge in [0.25, 0.3) is 11.5 Å². The van der Waals surface area contributed by atoms with Crippen molar-refractivity contribution in [1.82, 2.24) is 14.9 Å². The van der Waals surface area contributed by atoms with Gasteiger partial charge in [-0.05, 0) is 37.1 Å². The van der Waals surface area contributed by atoms with Crippen LogP contribution in [0.5, 0.6) is 0 Å². The molecule has 0 radical (unpaired) electrons. The first kappa shape index (κ1) is 21.6. The number of para-hydroxylation sites is 1. The second-order valence-electron chi connectivity index (χ2n) is 8.76.